The smallest absolute Gasteiger partial charge is 0.275 e. The number of nitro benzene ring substituents is 1. The summed E-state index contributed by atoms with van der Waals surface area (Å²) >= 11 is 3.18. The van der Waals surface area contributed by atoms with Crippen molar-refractivity contribution >= 4 is 39.0 Å². The molecule has 0 spiro atoms. The molecule has 0 saturated heterocycles. The van der Waals surface area contributed by atoms with Gasteiger partial charge in [-0.3, -0.25) is 19.9 Å². The number of non-ortho nitro benzene ring substituents is 1. The Kier molecular flexibility index (Phi) is 4.43. The Labute approximate surface area is 127 Å². The van der Waals surface area contributed by atoms with Crippen molar-refractivity contribution in [2.24, 2.45) is 0 Å². The van der Waals surface area contributed by atoms with E-state index in [1.807, 2.05) is 0 Å². The second-order valence-electron chi connectivity index (χ2n) is 3.91. The van der Waals surface area contributed by atoms with Crippen LogP contribution in [-0.2, 0) is 0 Å². The Hall–Kier alpha value is -2.55. The molecule has 2 N–H and O–H groups in total. The molecule has 108 valence electrons. The van der Waals surface area contributed by atoms with Gasteiger partial charge in [0.25, 0.3) is 11.6 Å². The first-order chi connectivity index (χ1) is 10.0. The van der Waals surface area contributed by atoms with Gasteiger partial charge in [0, 0.05) is 23.7 Å². The van der Waals surface area contributed by atoms with Crippen LogP contribution >= 0.6 is 15.9 Å². The largest absolute Gasteiger partial charge is 0.372 e. The zero-order chi connectivity index (χ0) is 15.4. The predicted molar refractivity (Wildman–Crippen MR) is 80.3 cm³/mol. The highest BCUT2D eigenvalue weighted by atomic mass is 79.9. The molecule has 0 aliphatic heterocycles. The molecule has 21 heavy (non-hydrogen) atoms. The maximum atomic E-state index is 12.1. The Balaban J connectivity index is 2.21. The molecule has 8 nitrogen and oxygen atoms in total. The Bertz CT molecular complexity index is 707. The number of rotatable bonds is 4. The average molecular weight is 352 g/mol. The summed E-state index contributed by atoms with van der Waals surface area (Å²) in [6, 6.07) is 4.05. The fraction of sp³-hybridized carbons (Fsp3) is 0.0833. The number of nitrogens with zero attached hydrogens (tertiary/aromatic N) is 3. The van der Waals surface area contributed by atoms with E-state index >= 15 is 0 Å². The fourth-order valence-corrected chi connectivity index (χ4v) is 1.97. The lowest BCUT2D eigenvalue weighted by atomic mass is 10.2. The minimum absolute atomic E-state index is 0.0724. The number of nitro groups is 1. The molecule has 9 heteroatoms. The van der Waals surface area contributed by atoms with E-state index in [9.17, 15) is 14.9 Å². The van der Waals surface area contributed by atoms with E-state index in [0.717, 1.165) is 0 Å². The van der Waals surface area contributed by atoms with Gasteiger partial charge >= 0.3 is 0 Å². The highest BCUT2D eigenvalue weighted by molar-refractivity contribution is 9.10. The quantitative estimate of drug-likeness (QED) is 0.646. The van der Waals surface area contributed by atoms with E-state index < -0.39 is 10.8 Å². The van der Waals surface area contributed by atoms with E-state index in [1.165, 1.54) is 30.6 Å². The normalized spacial score (nSPS) is 10.0. The molecule has 0 saturated carbocycles. The molecule has 1 aromatic heterocycles. The lowest BCUT2D eigenvalue weighted by molar-refractivity contribution is -0.384. The van der Waals surface area contributed by atoms with Crippen molar-refractivity contribution in [3.63, 3.8) is 0 Å². The molecule has 0 radical (unpaired) electrons. The number of aromatic nitrogens is 2. The molecule has 0 aliphatic rings. The summed E-state index contributed by atoms with van der Waals surface area (Å²) in [7, 11) is 1.67. The van der Waals surface area contributed by atoms with Crippen LogP contribution in [-0.4, -0.2) is 27.8 Å². The van der Waals surface area contributed by atoms with E-state index in [-0.39, 0.29) is 11.4 Å². The monoisotopic (exact) mass is 351 g/mol. The van der Waals surface area contributed by atoms with Gasteiger partial charge in [0.05, 0.1) is 23.0 Å². The number of hydrogen-bond acceptors (Lipinski definition) is 6. The Morgan fingerprint density at radius 2 is 2.14 bits per heavy atom. The van der Waals surface area contributed by atoms with Gasteiger partial charge < -0.3 is 10.6 Å². The summed E-state index contributed by atoms with van der Waals surface area (Å²) in [5.74, 6) is -0.000400. The van der Waals surface area contributed by atoms with Gasteiger partial charge in [0.1, 0.15) is 11.5 Å². The second-order valence-corrected chi connectivity index (χ2v) is 4.77. The van der Waals surface area contributed by atoms with Crippen LogP contribution in [0, 0.1) is 10.1 Å². The molecule has 1 aromatic carbocycles. The maximum Gasteiger partial charge on any atom is 0.275 e. The molecule has 0 aliphatic carbocycles. The summed E-state index contributed by atoms with van der Waals surface area (Å²) < 4.78 is 0.405. The zero-order valence-corrected chi connectivity index (χ0v) is 12.4. The number of amides is 1. The van der Waals surface area contributed by atoms with E-state index in [2.05, 4.69) is 36.5 Å². The summed E-state index contributed by atoms with van der Waals surface area (Å²) in [5, 5.41) is 16.0. The number of carbonyl (C=O) groups is 1. The number of carbonyl (C=O) groups excluding carboxylic acids is 1. The van der Waals surface area contributed by atoms with Crippen molar-refractivity contribution in [1.29, 1.82) is 0 Å². The molecule has 0 unspecified atom stereocenters. The molecule has 0 fully saturated rings. The third kappa shape index (κ3) is 3.51. The molecular formula is C12H10BrN5O3. The number of halogens is 1. The number of nitrogens with one attached hydrogen (secondary N) is 2. The van der Waals surface area contributed by atoms with Gasteiger partial charge in [-0.2, -0.15) is 0 Å². The second kappa shape index (κ2) is 6.27. The standard InChI is InChI=1S/C12H10BrN5O3/c1-14-11-6-15-5-10(16-11)12(19)17-9-3-2-7(18(20)21)4-8(9)13/h2-6H,1H3,(H,14,16)(H,17,19). The van der Waals surface area contributed by atoms with Crippen molar-refractivity contribution in [3.05, 3.63) is 50.9 Å². The average Bonchev–Trinajstić information content (AvgIpc) is 2.49. The molecule has 1 heterocycles. The van der Waals surface area contributed by atoms with E-state index in [4.69, 9.17) is 0 Å². The van der Waals surface area contributed by atoms with Crippen LogP contribution in [0.3, 0.4) is 0 Å². The van der Waals surface area contributed by atoms with Crippen LogP contribution in [0.4, 0.5) is 17.2 Å². The number of benzene rings is 1. The van der Waals surface area contributed by atoms with E-state index in [1.54, 1.807) is 7.05 Å². The first-order valence-corrected chi connectivity index (χ1v) is 6.55. The highest BCUT2D eigenvalue weighted by Crippen LogP contribution is 2.27. The van der Waals surface area contributed by atoms with Crippen molar-refractivity contribution in [1.82, 2.24) is 9.97 Å². The van der Waals surface area contributed by atoms with Gasteiger partial charge in [-0.25, -0.2) is 4.98 Å². The minimum Gasteiger partial charge on any atom is -0.372 e. The Morgan fingerprint density at radius 1 is 1.38 bits per heavy atom. The summed E-state index contributed by atoms with van der Waals surface area (Å²) in [6.07, 6.45) is 2.81. The van der Waals surface area contributed by atoms with Gasteiger partial charge in [-0.15, -0.1) is 0 Å². The van der Waals surface area contributed by atoms with Crippen molar-refractivity contribution < 1.29 is 9.72 Å². The Morgan fingerprint density at radius 3 is 2.76 bits per heavy atom. The predicted octanol–water partition coefficient (Wildman–Crippen LogP) is 2.44. The first kappa shape index (κ1) is 14.9. The van der Waals surface area contributed by atoms with Gasteiger partial charge in [-0.1, -0.05) is 0 Å². The van der Waals surface area contributed by atoms with Crippen LogP contribution in [0.15, 0.2) is 35.1 Å². The summed E-state index contributed by atoms with van der Waals surface area (Å²) in [6.45, 7) is 0. The molecule has 0 bridgehead atoms. The van der Waals surface area contributed by atoms with Crippen LogP contribution in [0.1, 0.15) is 10.5 Å². The lowest BCUT2D eigenvalue weighted by Crippen LogP contribution is -2.15. The first-order valence-electron chi connectivity index (χ1n) is 5.76. The fourth-order valence-electron chi connectivity index (χ4n) is 1.50. The molecule has 2 aromatic rings. The lowest BCUT2D eigenvalue weighted by Gasteiger charge is -2.07. The van der Waals surface area contributed by atoms with Crippen LogP contribution in [0.2, 0.25) is 0 Å². The van der Waals surface area contributed by atoms with Gasteiger partial charge in [-0.05, 0) is 22.0 Å². The van der Waals surface area contributed by atoms with Gasteiger partial charge in [0.2, 0.25) is 0 Å². The summed E-state index contributed by atoms with van der Waals surface area (Å²) in [5.41, 5.74) is 0.464. The van der Waals surface area contributed by atoms with Crippen LogP contribution in [0.5, 0.6) is 0 Å². The van der Waals surface area contributed by atoms with Crippen molar-refractivity contribution in [2.75, 3.05) is 17.7 Å². The maximum absolute atomic E-state index is 12.1. The van der Waals surface area contributed by atoms with Gasteiger partial charge in [0.15, 0.2) is 0 Å². The number of anilines is 2. The molecular weight excluding hydrogens is 342 g/mol. The highest BCUT2D eigenvalue weighted by Gasteiger charge is 2.13. The minimum atomic E-state index is -0.516. The SMILES string of the molecule is CNc1cncc(C(=O)Nc2ccc([N+](=O)[O-])cc2Br)n1. The summed E-state index contributed by atoms with van der Waals surface area (Å²) in [4.78, 5) is 30.1. The van der Waals surface area contributed by atoms with Crippen LogP contribution < -0.4 is 10.6 Å². The third-order valence-electron chi connectivity index (χ3n) is 2.54. The number of hydrogen-bond donors (Lipinski definition) is 2. The topological polar surface area (TPSA) is 110 Å². The molecule has 1 amide bonds. The third-order valence-corrected chi connectivity index (χ3v) is 3.19. The van der Waals surface area contributed by atoms with Crippen molar-refractivity contribution in [2.45, 2.75) is 0 Å². The van der Waals surface area contributed by atoms with E-state index in [0.29, 0.717) is 16.0 Å². The van der Waals surface area contributed by atoms with Crippen LogP contribution in [0.25, 0.3) is 0 Å². The van der Waals surface area contributed by atoms with Crippen molar-refractivity contribution in [3.8, 4) is 0 Å². The molecule has 0 atom stereocenters. The molecule has 2 rings (SSSR count). The zero-order valence-electron chi connectivity index (χ0n) is 10.8.